The number of nitrogens with zero attached hydrogens (tertiary/aromatic N) is 1. The molecule has 0 atom stereocenters. The molecule has 0 spiro atoms. The third-order valence-electron chi connectivity index (χ3n) is 2.89. The number of amides is 1. The van der Waals surface area contributed by atoms with Crippen LogP contribution in [0.5, 0.6) is 0 Å². The van der Waals surface area contributed by atoms with Crippen LogP contribution in [-0.4, -0.2) is 37.0 Å². The second kappa shape index (κ2) is 8.12. The Labute approximate surface area is 128 Å². The Kier molecular flexibility index (Phi) is 6.82. The van der Waals surface area contributed by atoms with Gasteiger partial charge in [-0.05, 0) is 24.6 Å². The topological polar surface area (TPSA) is 46.6 Å². The third kappa shape index (κ3) is 5.02. The minimum absolute atomic E-state index is 0.0604. The van der Waals surface area contributed by atoms with Crippen LogP contribution in [0.25, 0.3) is 0 Å². The number of methoxy groups -OCH3 is 1. The molecule has 0 saturated heterocycles. The molecule has 110 valence electrons. The van der Waals surface area contributed by atoms with Crippen molar-refractivity contribution in [1.29, 1.82) is 0 Å². The molecule has 1 rings (SSSR count). The summed E-state index contributed by atoms with van der Waals surface area (Å²) in [5, 5.41) is 0.885. The Morgan fingerprint density at radius 3 is 2.50 bits per heavy atom. The Balaban J connectivity index is 2.62. The molecule has 1 amide bonds. The summed E-state index contributed by atoms with van der Waals surface area (Å²) < 4.78 is 4.56. The van der Waals surface area contributed by atoms with Gasteiger partial charge in [0.1, 0.15) is 0 Å². The first-order chi connectivity index (χ1) is 9.47. The van der Waals surface area contributed by atoms with Gasteiger partial charge in [-0.3, -0.25) is 9.59 Å². The van der Waals surface area contributed by atoms with Crippen LogP contribution in [0.3, 0.4) is 0 Å². The van der Waals surface area contributed by atoms with Crippen LogP contribution in [-0.2, 0) is 20.7 Å². The van der Waals surface area contributed by atoms with Gasteiger partial charge in [-0.15, -0.1) is 0 Å². The van der Waals surface area contributed by atoms with Crippen LogP contribution < -0.4 is 0 Å². The predicted molar refractivity (Wildman–Crippen MR) is 79.1 cm³/mol. The number of esters is 1. The molecule has 0 fully saturated rings. The number of benzene rings is 1. The van der Waals surface area contributed by atoms with Crippen LogP contribution in [0.15, 0.2) is 18.2 Å². The normalized spacial score (nSPS) is 10.2. The second-order valence-electron chi connectivity index (χ2n) is 4.22. The predicted octanol–water partition coefficient (Wildman–Crippen LogP) is 2.95. The van der Waals surface area contributed by atoms with Gasteiger partial charge >= 0.3 is 5.97 Å². The molecule has 20 heavy (non-hydrogen) atoms. The van der Waals surface area contributed by atoms with Crippen molar-refractivity contribution >= 4 is 35.1 Å². The van der Waals surface area contributed by atoms with E-state index in [1.54, 1.807) is 23.1 Å². The van der Waals surface area contributed by atoms with Crippen molar-refractivity contribution in [3.8, 4) is 0 Å². The zero-order valence-electron chi connectivity index (χ0n) is 11.5. The SMILES string of the molecule is CCN(CCC(=O)OC)C(=O)Cc1ccc(Cl)c(Cl)c1. The molecule has 0 aromatic heterocycles. The monoisotopic (exact) mass is 317 g/mol. The Morgan fingerprint density at radius 2 is 1.95 bits per heavy atom. The van der Waals surface area contributed by atoms with E-state index in [1.165, 1.54) is 7.11 Å². The number of hydrogen-bond donors (Lipinski definition) is 0. The van der Waals surface area contributed by atoms with Gasteiger partial charge in [0.05, 0.1) is 30.0 Å². The third-order valence-corrected chi connectivity index (χ3v) is 3.63. The van der Waals surface area contributed by atoms with E-state index in [1.807, 2.05) is 6.92 Å². The molecule has 0 bridgehead atoms. The summed E-state index contributed by atoms with van der Waals surface area (Å²) in [6.07, 6.45) is 0.420. The lowest BCUT2D eigenvalue weighted by Crippen LogP contribution is -2.34. The number of carbonyl (C=O) groups is 2. The van der Waals surface area contributed by atoms with Crippen LogP contribution in [0, 0.1) is 0 Å². The van der Waals surface area contributed by atoms with Crippen molar-refractivity contribution in [3.05, 3.63) is 33.8 Å². The minimum Gasteiger partial charge on any atom is -0.469 e. The van der Waals surface area contributed by atoms with E-state index in [4.69, 9.17) is 23.2 Å². The molecule has 0 heterocycles. The van der Waals surface area contributed by atoms with Crippen LogP contribution >= 0.6 is 23.2 Å². The molecule has 6 heteroatoms. The van der Waals surface area contributed by atoms with E-state index in [9.17, 15) is 9.59 Å². The number of carbonyl (C=O) groups excluding carboxylic acids is 2. The lowest BCUT2D eigenvalue weighted by Gasteiger charge is -2.20. The lowest BCUT2D eigenvalue weighted by molar-refractivity contribution is -0.141. The Morgan fingerprint density at radius 1 is 1.25 bits per heavy atom. The first-order valence-corrected chi connectivity index (χ1v) is 7.02. The Hall–Kier alpha value is -1.26. The number of rotatable bonds is 6. The van der Waals surface area contributed by atoms with Crippen LogP contribution in [0.2, 0.25) is 10.0 Å². The summed E-state index contributed by atoms with van der Waals surface area (Å²) in [6, 6.07) is 5.10. The highest BCUT2D eigenvalue weighted by atomic mass is 35.5. The van der Waals surface area contributed by atoms with Gasteiger partial charge in [-0.2, -0.15) is 0 Å². The quantitative estimate of drug-likeness (QED) is 0.758. The molecular weight excluding hydrogens is 301 g/mol. The molecule has 0 N–H and O–H groups in total. The van der Waals surface area contributed by atoms with Gasteiger partial charge in [0.15, 0.2) is 0 Å². The van der Waals surface area contributed by atoms with Crippen molar-refractivity contribution < 1.29 is 14.3 Å². The van der Waals surface area contributed by atoms with Gasteiger partial charge in [-0.25, -0.2) is 0 Å². The van der Waals surface area contributed by atoms with E-state index in [0.717, 1.165) is 5.56 Å². The molecule has 0 saturated carbocycles. The van der Waals surface area contributed by atoms with Crippen molar-refractivity contribution in [2.45, 2.75) is 19.8 Å². The fourth-order valence-electron chi connectivity index (χ4n) is 1.72. The molecule has 0 aliphatic carbocycles. The van der Waals surface area contributed by atoms with Gasteiger partial charge < -0.3 is 9.64 Å². The summed E-state index contributed by atoms with van der Waals surface area (Å²) in [4.78, 5) is 24.9. The van der Waals surface area contributed by atoms with Crippen molar-refractivity contribution in [3.63, 3.8) is 0 Å². The minimum atomic E-state index is -0.328. The van der Waals surface area contributed by atoms with Gasteiger partial charge in [0, 0.05) is 13.1 Å². The summed E-state index contributed by atoms with van der Waals surface area (Å²) in [6.45, 7) is 2.75. The Bertz CT molecular complexity index is 491. The first kappa shape index (κ1) is 16.8. The molecular formula is C14H17Cl2NO3. The fourth-order valence-corrected chi connectivity index (χ4v) is 2.04. The summed E-state index contributed by atoms with van der Waals surface area (Å²) in [5.41, 5.74) is 0.793. The van der Waals surface area contributed by atoms with Gasteiger partial charge in [-0.1, -0.05) is 29.3 Å². The largest absolute Gasteiger partial charge is 0.469 e. The van der Waals surface area contributed by atoms with E-state index in [0.29, 0.717) is 23.1 Å². The first-order valence-electron chi connectivity index (χ1n) is 6.26. The summed E-state index contributed by atoms with van der Waals surface area (Å²) >= 11 is 11.7. The maximum atomic E-state index is 12.1. The highest BCUT2D eigenvalue weighted by molar-refractivity contribution is 6.42. The zero-order valence-corrected chi connectivity index (χ0v) is 13.0. The van der Waals surface area contributed by atoms with E-state index in [2.05, 4.69) is 4.74 Å². The highest BCUT2D eigenvalue weighted by Crippen LogP contribution is 2.23. The number of likely N-dealkylation sites (N-methyl/N-ethyl adjacent to an activating group) is 1. The van der Waals surface area contributed by atoms with Crippen molar-refractivity contribution in [1.82, 2.24) is 4.90 Å². The van der Waals surface area contributed by atoms with E-state index in [-0.39, 0.29) is 24.7 Å². The van der Waals surface area contributed by atoms with Gasteiger partial charge in [0.25, 0.3) is 0 Å². The number of hydrogen-bond acceptors (Lipinski definition) is 3. The van der Waals surface area contributed by atoms with Crippen molar-refractivity contribution in [2.75, 3.05) is 20.2 Å². The second-order valence-corrected chi connectivity index (χ2v) is 5.04. The molecule has 1 aromatic rings. The summed E-state index contributed by atoms with van der Waals surface area (Å²) in [5.74, 6) is -0.388. The number of ether oxygens (including phenoxy) is 1. The molecule has 0 aliphatic rings. The summed E-state index contributed by atoms with van der Waals surface area (Å²) in [7, 11) is 1.33. The maximum Gasteiger partial charge on any atom is 0.307 e. The number of halogens is 2. The zero-order chi connectivity index (χ0) is 15.1. The fraction of sp³-hybridized carbons (Fsp3) is 0.429. The molecule has 0 radical (unpaired) electrons. The standard InChI is InChI=1S/C14H17Cl2NO3/c1-3-17(7-6-14(19)20-2)13(18)9-10-4-5-11(15)12(16)8-10/h4-5,8H,3,6-7,9H2,1-2H3. The molecule has 0 unspecified atom stereocenters. The average molecular weight is 318 g/mol. The smallest absolute Gasteiger partial charge is 0.307 e. The van der Waals surface area contributed by atoms with Gasteiger partial charge in [0.2, 0.25) is 5.91 Å². The molecule has 0 aliphatic heterocycles. The van der Waals surface area contributed by atoms with E-state index >= 15 is 0 Å². The van der Waals surface area contributed by atoms with Crippen LogP contribution in [0.4, 0.5) is 0 Å². The molecule has 1 aromatic carbocycles. The molecule has 4 nitrogen and oxygen atoms in total. The average Bonchev–Trinajstić information content (AvgIpc) is 2.43. The maximum absolute atomic E-state index is 12.1. The highest BCUT2D eigenvalue weighted by Gasteiger charge is 2.14. The van der Waals surface area contributed by atoms with Crippen molar-refractivity contribution in [2.24, 2.45) is 0 Å². The van der Waals surface area contributed by atoms with Crippen LogP contribution in [0.1, 0.15) is 18.9 Å². The van der Waals surface area contributed by atoms with E-state index < -0.39 is 0 Å². The lowest BCUT2D eigenvalue weighted by atomic mass is 10.1.